The average Bonchev–Trinajstić information content (AvgIpc) is 3.13. The maximum atomic E-state index is 13.2. The molecule has 0 spiro atoms. The number of benzene rings is 2. The molecule has 192 valence electrons. The van der Waals surface area contributed by atoms with Gasteiger partial charge in [-0.1, -0.05) is 39.8 Å². The van der Waals surface area contributed by atoms with Gasteiger partial charge in [0.1, 0.15) is 11.5 Å². The van der Waals surface area contributed by atoms with Crippen molar-refractivity contribution in [2.45, 2.75) is 33.7 Å². The van der Waals surface area contributed by atoms with Crippen LogP contribution in [0.4, 0.5) is 5.69 Å². The van der Waals surface area contributed by atoms with Gasteiger partial charge in [0, 0.05) is 30.8 Å². The molecular formula is C27H33N3O6. The summed E-state index contributed by atoms with van der Waals surface area (Å²) in [7, 11) is 0. The molecule has 1 saturated heterocycles. The number of likely N-dealkylation sites (N-methyl/N-ethyl adjacent to an activating group) is 1. The van der Waals surface area contributed by atoms with Gasteiger partial charge in [-0.25, -0.2) is 0 Å². The van der Waals surface area contributed by atoms with Crippen molar-refractivity contribution in [1.29, 1.82) is 0 Å². The number of nitrogens with zero attached hydrogens (tertiary/aromatic N) is 3. The molecule has 2 aromatic rings. The zero-order valence-electron chi connectivity index (χ0n) is 21.1. The first-order valence-corrected chi connectivity index (χ1v) is 12.2. The van der Waals surface area contributed by atoms with Crippen LogP contribution in [0.3, 0.4) is 0 Å². The Morgan fingerprint density at radius 1 is 1.14 bits per heavy atom. The topological polar surface area (TPSA) is 113 Å². The number of Topliss-reactive ketones (excluding diaryl/α,β-unsaturated/α-hetero) is 1. The Morgan fingerprint density at radius 2 is 1.81 bits per heavy atom. The van der Waals surface area contributed by atoms with Crippen molar-refractivity contribution < 1.29 is 24.4 Å². The molecule has 0 aromatic heterocycles. The summed E-state index contributed by atoms with van der Waals surface area (Å²) in [5.74, 6) is -0.915. The zero-order valence-corrected chi connectivity index (χ0v) is 21.1. The number of hydrogen-bond acceptors (Lipinski definition) is 7. The average molecular weight is 496 g/mol. The lowest BCUT2D eigenvalue weighted by Crippen LogP contribution is -2.38. The highest BCUT2D eigenvalue weighted by Crippen LogP contribution is 2.40. The standard InChI is InChI=1S/C27H33N3O6/c1-5-28(6-2)14-15-29-24(20-8-7-9-21(16-20)30(34)35)23(26(32)27(29)33)25(31)19-10-12-22(13-11-19)36-17-18(3)4/h7-13,16,18,24,31H,5-6,14-15,17H2,1-4H3/b25-23+. The van der Waals surface area contributed by atoms with Crippen molar-refractivity contribution in [3.63, 3.8) is 0 Å². The van der Waals surface area contributed by atoms with E-state index in [0.717, 1.165) is 13.1 Å². The van der Waals surface area contributed by atoms with Crippen LogP contribution in [0.2, 0.25) is 0 Å². The number of non-ortho nitro benzene ring substituents is 1. The highest BCUT2D eigenvalue weighted by Gasteiger charge is 2.46. The van der Waals surface area contributed by atoms with Gasteiger partial charge in [-0.15, -0.1) is 0 Å². The Kier molecular flexibility index (Phi) is 8.82. The number of nitro benzene ring substituents is 1. The van der Waals surface area contributed by atoms with Crippen LogP contribution in [0.15, 0.2) is 54.1 Å². The van der Waals surface area contributed by atoms with E-state index in [4.69, 9.17) is 4.74 Å². The van der Waals surface area contributed by atoms with Crippen molar-refractivity contribution in [3.8, 4) is 5.75 Å². The molecule has 0 aliphatic carbocycles. The fourth-order valence-corrected chi connectivity index (χ4v) is 4.18. The van der Waals surface area contributed by atoms with Crippen molar-refractivity contribution in [1.82, 2.24) is 9.80 Å². The molecule has 1 heterocycles. The number of rotatable bonds is 11. The summed E-state index contributed by atoms with van der Waals surface area (Å²) < 4.78 is 5.69. The molecule has 9 nitrogen and oxygen atoms in total. The maximum absolute atomic E-state index is 13.2. The Balaban J connectivity index is 2.06. The number of aliphatic hydroxyl groups is 1. The number of likely N-dealkylation sites (tertiary alicyclic amines) is 1. The molecule has 1 atom stereocenters. The molecule has 1 aliphatic rings. The Labute approximate surface area is 211 Å². The van der Waals surface area contributed by atoms with E-state index in [1.165, 1.54) is 23.1 Å². The molecule has 0 saturated carbocycles. The van der Waals surface area contributed by atoms with Crippen LogP contribution in [0.5, 0.6) is 5.75 Å². The molecule has 3 rings (SSSR count). The summed E-state index contributed by atoms with van der Waals surface area (Å²) in [6.45, 7) is 10.9. The van der Waals surface area contributed by atoms with E-state index in [-0.39, 0.29) is 23.6 Å². The number of carbonyl (C=O) groups excluding carboxylic acids is 2. The number of amides is 1. The molecule has 2 aromatic carbocycles. The summed E-state index contributed by atoms with van der Waals surface area (Å²) >= 11 is 0. The van der Waals surface area contributed by atoms with E-state index in [1.807, 2.05) is 27.7 Å². The highest BCUT2D eigenvalue weighted by molar-refractivity contribution is 6.46. The Hall–Kier alpha value is -3.72. The summed E-state index contributed by atoms with van der Waals surface area (Å²) in [4.78, 5) is 40.7. The molecule has 36 heavy (non-hydrogen) atoms. The number of aliphatic hydroxyl groups excluding tert-OH is 1. The largest absolute Gasteiger partial charge is 0.507 e. The second-order valence-electron chi connectivity index (χ2n) is 9.10. The van der Waals surface area contributed by atoms with Gasteiger partial charge in [-0.05, 0) is 48.8 Å². The van der Waals surface area contributed by atoms with E-state index in [9.17, 15) is 24.8 Å². The van der Waals surface area contributed by atoms with Crippen LogP contribution >= 0.6 is 0 Å². The molecular weight excluding hydrogens is 462 g/mol. The molecule has 1 aliphatic heterocycles. The van der Waals surface area contributed by atoms with Gasteiger partial charge in [0.25, 0.3) is 17.4 Å². The first kappa shape index (κ1) is 26.9. The number of ketones is 1. The minimum Gasteiger partial charge on any atom is -0.507 e. The predicted octanol–water partition coefficient (Wildman–Crippen LogP) is 4.39. The van der Waals surface area contributed by atoms with Gasteiger partial charge in [0.2, 0.25) is 0 Å². The summed E-state index contributed by atoms with van der Waals surface area (Å²) in [6.07, 6.45) is 0. The molecule has 0 radical (unpaired) electrons. The third-order valence-electron chi connectivity index (χ3n) is 6.20. The highest BCUT2D eigenvalue weighted by atomic mass is 16.6. The van der Waals surface area contributed by atoms with E-state index >= 15 is 0 Å². The number of ether oxygens (including phenoxy) is 1. The van der Waals surface area contributed by atoms with Crippen LogP contribution < -0.4 is 4.74 Å². The normalized spacial score (nSPS) is 17.3. The van der Waals surface area contributed by atoms with E-state index in [1.54, 1.807) is 30.3 Å². The lowest BCUT2D eigenvalue weighted by atomic mass is 9.95. The van der Waals surface area contributed by atoms with Crippen molar-refractivity contribution >= 4 is 23.1 Å². The van der Waals surface area contributed by atoms with Crippen LogP contribution in [0.25, 0.3) is 5.76 Å². The lowest BCUT2D eigenvalue weighted by molar-refractivity contribution is -0.384. The number of carbonyl (C=O) groups is 2. The molecule has 1 unspecified atom stereocenters. The first-order chi connectivity index (χ1) is 17.2. The predicted molar refractivity (Wildman–Crippen MR) is 137 cm³/mol. The third-order valence-corrected chi connectivity index (χ3v) is 6.20. The summed E-state index contributed by atoms with van der Waals surface area (Å²) in [6, 6.07) is 11.5. The van der Waals surface area contributed by atoms with Crippen LogP contribution in [0, 0.1) is 16.0 Å². The fourth-order valence-electron chi connectivity index (χ4n) is 4.18. The minimum atomic E-state index is -0.947. The summed E-state index contributed by atoms with van der Waals surface area (Å²) in [5, 5.41) is 22.6. The van der Waals surface area contributed by atoms with Crippen LogP contribution in [-0.2, 0) is 9.59 Å². The smallest absolute Gasteiger partial charge is 0.295 e. The van der Waals surface area contributed by atoms with Crippen molar-refractivity contribution in [2.24, 2.45) is 5.92 Å². The van der Waals surface area contributed by atoms with Gasteiger partial charge in [-0.3, -0.25) is 19.7 Å². The Bertz CT molecular complexity index is 1140. The molecule has 1 amide bonds. The third kappa shape index (κ3) is 5.91. The second-order valence-corrected chi connectivity index (χ2v) is 9.10. The van der Waals surface area contributed by atoms with Gasteiger partial charge >= 0.3 is 0 Å². The fraction of sp³-hybridized carbons (Fsp3) is 0.407. The Morgan fingerprint density at radius 3 is 2.39 bits per heavy atom. The van der Waals surface area contributed by atoms with Gasteiger partial charge in [0.05, 0.1) is 23.1 Å². The molecule has 9 heteroatoms. The quantitative estimate of drug-likeness (QED) is 0.162. The monoisotopic (exact) mass is 495 g/mol. The number of hydrogen-bond donors (Lipinski definition) is 1. The minimum absolute atomic E-state index is 0.0871. The molecule has 0 bridgehead atoms. The maximum Gasteiger partial charge on any atom is 0.295 e. The zero-order chi connectivity index (χ0) is 26.4. The first-order valence-electron chi connectivity index (χ1n) is 12.2. The second kappa shape index (κ2) is 11.8. The van der Waals surface area contributed by atoms with Crippen LogP contribution in [-0.4, -0.2) is 64.3 Å². The van der Waals surface area contributed by atoms with E-state index < -0.39 is 22.7 Å². The summed E-state index contributed by atoms with van der Waals surface area (Å²) in [5.41, 5.74) is 0.495. The van der Waals surface area contributed by atoms with Gasteiger partial charge in [-0.2, -0.15) is 0 Å². The molecule has 1 N–H and O–H groups in total. The SMILES string of the molecule is CCN(CC)CCN1C(=O)C(=O)/C(=C(/O)c2ccc(OCC(C)C)cc2)C1c1cccc([N+](=O)[O-])c1. The van der Waals surface area contributed by atoms with Crippen LogP contribution in [0.1, 0.15) is 44.9 Å². The van der Waals surface area contributed by atoms with Crippen molar-refractivity contribution in [2.75, 3.05) is 32.8 Å². The lowest BCUT2D eigenvalue weighted by Gasteiger charge is -2.28. The van der Waals surface area contributed by atoms with Gasteiger partial charge in [0.15, 0.2) is 0 Å². The molecule has 1 fully saturated rings. The van der Waals surface area contributed by atoms with Gasteiger partial charge < -0.3 is 19.6 Å². The van der Waals surface area contributed by atoms with E-state index in [0.29, 0.717) is 35.9 Å². The van der Waals surface area contributed by atoms with Crippen molar-refractivity contribution in [3.05, 3.63) is 75.3 Å². The number of nitro groups is 1. The van der Waals surface area contributed by atoms with E-state index in [2.05, 4.69) is 4.90 Å².